The lowest BCUT2D eigenvalue weighted by Gasteiger charge is -2.29. The van der Waals surface area contributed by atoms with Crippen molar-refractivity contribution in [1.82, 2.24) is 9.80 Å². The van der Waals surface area contributed by atoms with E-state index in [2.05, 4.69) is 16.7 Å². The van der Waals surface area contributed by atoms with E-state index in [1.54, 1.807) is 0 Å². The molecule has 6 nitrogen and oxygen atoms in total. The highest BCUT2D eigenvalue weighted by Crippen LogP contribution is 2.18. The van der Waals surface area contributed by atoms with Crippen LogP contribution in [0.5, 0.6) is 0 Å². The molecule has 1 fully saturated rings. The number of nitrogens with zero attached hydrogens (tertiary/aromatic N) is 2. The Labute approximate surface area is 127 Å². The molecule has 0 radical (unpaired) electrons. The minimum Gasteiger partial charge on any atom is -0.469 e. The van der Waals surface area contributed by atoms with Gasteiger partial charge in [-0.15, -0.1) is 0 Å². The Morgan fingerprint density at radius 2 is 1.71 bits per heavy atom. The number of methoxy groups -OCH3 is 2. The largest absolute Gasteiger partial charge is 0.469 e. The fourth-order valence-corrected chi connectivity index (χ4v) is 2.81. The second-order valence-electron chi connectivity index (χ2n) is 5.38. The highest BCUT2D eigenvalue weighted by molar-refractivity contribution is 5.70. The molecule has 1 rings (SSSR count). The Hall–Kier alpha value is -1.14. The van der Waals surface area contributed by atoms with Crippen molar-refractivity contribution in [2.45, 2.75) is 38.6 Å². The number of likely N-dealkylation sites (N-methyl/N-ethyl adjacent to an activating group) is 1. The molecule has 0 aromatic carbocycles. The summed E-state index contributed by atoms with van der Waals surface area (Å²) in [4.78, 5) is 27.3. The molecule has 6 heteroatoms. The molecular formula is C15H28N2O4. The number of carbonyl (C=O) groups excluding carboxylic acids is 2. The van der Waals surface area contributed by atoms with E-state index < -0.39 is 0 Å². The molecule has 1 heterocycles. The smallest absolute Gasteiger partial charge is 0.306 e. The van der Waals surface area contributed by atoms with Gasteiger partial charge in [0, 0.05) is 25.7 Å². The first-order valence-electron chi connectivity index (χ1n) is 7.70. The van der Waals surface area contributed by atoms with Crippen molar-refractivity contribution in [2.75, 3.05) is 46.9 Å². The van der Waals surface area contributed by atoms with E-state index in [0.29, 0.717) is 32.0 Å². The number of rotatable bonds is 9. The molecule has 1 aliphatic heterocycles. The third-order valence-electron chi connectivity index (χ3n) is 4.09. The lowest BCUT2D eigenvalue weighted by molar-refractivity contribution is -0.141. The number of likely N-dealkylation sites (tertiary alicyclic amines) is 1. The average Bonchev–Trinajstić information content (AvgIpc) is 2.96. The summed E-state index contributed by atoms with van der Waals surface area (Å²) in [6.07, 6.45) is 3.12. The molecule has 0 unspecified atom stereocenters. The molecule has 1 saturated heterocycles. The Kier molecular flexibility index (Phi) is 8.30. The molecule has 21 heavy (non-hydrogen) atoms. The van der Waals surface area contributed by atoms with Crippen LogP contribution in [0.2, 0.25) is 0 Å². The molecule has 0 amide bonds. The van der Waals surface area contributed by atoms with Crippen LogP contribution in [0.4, 0.5) is 0 Å². The molecule has 0 saturated carbocycles. The van der Waals surface area contributed by atoms with Gasteiger partial charge in [-0.2, -0.15) is 0 Å². The van der Waals surface area contributed by atoms with Crippen LogP contribution in [0.3, 0.4) is 0 Å². The van der Waals surface area contributed by atoms with Crippen molar-refractivity contribution in [3.8, 4) is 0 Å². The van der Waals surface area contributed by atoms with Gasteiger partial charge < -0.3 is 14.4 Å². The Morgan fingerprint density at radius 1 is 1.14 bits per heavy atom. The van der Waals surface area contributed by atoms with Crippen LogP contribution in [-0.4, -0.2) is 74.7 Å². The highest BCUT2D eigenvalue weighted by Gasteiger charge is 2.25. The summed E-state index contributed by atoms with van der Waals surface area (Å²) in [5.74, 6) is -0.423. The summed E-state index contributed by atoms with van der Waals surface area (Å²) in [6, 6.07) is 0.519. The van der Waals surface area contributed by atoms with Gasteiger partial charge in [-0.1, -0.05) is 6.92 Å². The molecule has 0 bridgehead atoms. The zero-order valence-corrected chi connectivity index (χ0v) is 13.5. The standard InChI is InChI=1S/C15H28N2O4/c1-4-17-9-5-6-13(17)12-16(10-7-14(18)20-2)11-8-15(19)21-3/h13H,4-12H2,1-3H3/t13-/m0/s1. The van der Waals surface area contributed by atoms with Crippen LogP contribution in [0.25, 0.3) is 0 Å². The topological polar surface area (TPSA) is 59.1 Å². The van der Waals surface area contributed by atoms with Gasteiger partial charge >= 0.3 is 11.9 Å². The van der Waals surface area contributed by atoms with Crippen molar-refractivity contribution in [2.24, 2.45) is 0 Å². The van der Waals surface area contributed by atoms with E-state index in [4.69, 9.17) is 9.47 Å². The Bertz CT molecular complexity index is 316. The van der Waals surface area contributed by atoms with Crippen LogP contribution >= 0.6 is 0 Å². The van der Waals surface area contributed by atoms with Gasteiger partial charge in [-0.05, 0) is 25.9 Å². The van der Waals surface area contributed by atoms with E-state index in [-0.39, 0.29) is 11.9 Å². The second-order valence-corrected chi connectivity index (χ2v) is 5.38. The maximum absolute atomic E-state index is 11.3. The number of hydrogen-bond acceptors (Lipinski definition) is 6. The predicted molar refractivity (Wildman–Crippen MR) is 80.0 cm³/mol. The average molecular weight is 300 g/mol. The molecule has 0 aromatic rings. The van der Waals surface area contributed by atoms with Crippen LogP contribution < -0.4 is 0 Å². The summed E-state index contributed by atoms with van der Waals surface area (Å²) < 4.78 is 9.38. The van der Waals surface area contributed by atoms with Gasteiger partial charge in [-0.3, -0.25) is 14.5 Å². The number of carbonyl (C=O) groups is 2. The van der Waals surface area contributed by atoms with Gasteiger partial charge in [0.15, 0.2) is 0 Å². The Balaban J connectivity index is 2.49. The first-order chi connectivity index (χ1) is 10.1. The van der Waals surface area contributed by atoms with Crippen molar-refractivity contribution in [3.63, 3.8) is 0 Å². The second kappa shape index (κ2) is 9.73. The molecule has 0 aromatic heterocycles. The SMILES string of the molecule is CCN1CCC[C@H]1CN(CCC(=O)OC)CCC(=O)OC. The van der Waals surface area contributed by atoms with Gasteiger partial charge in [0.05, 0.1) is 27.1 Å². The van der Waals surface area contributed by atoms with Gasteiger partial charge in [0.2, 0.25) is 0 Å². The summed E-state index contributed by atoms with van der Waals surface area (Å²) in [7, 11) is 2.80. The van der Waals surface area contributed by atoms with Crippen LogP contribution in [0.1, 0.15) is 32.6 Å². The van der Waals surface area contributed by atoms with E-state index in [1.807, 2.05) is 0 Å². The fourth-order valence-electron chi connectivity index (χ4n) is 2.81. The molecular weight excluding hydrogens is 272 g/mol. The molecule has 0 spiro atoms. The molecule has 1 atom stereocenters. The molecule has 0 N–H and O–H groups in total. The maximum atomic E-state index is 11.3. The zero-order chi connectivity index (χ0) is 15.7. The van der Waals surface area contributed by atoms with Crippen molar-refractivity contribution < 1.29 is 19.1 Å². The number of ether oxygens (including phenoxy) is 2. The number of esters is 2. The minimum absolute atomic E-state index is 0.211. The van der Waals surface area contributed by atoms with Crippen LogP contribution in [0.15, 0.2) is 0 Å². The fraction of sp³-hybridized carbons (Fsp3) is 0.867. The van der Waals surface area contributed by atoms with E-state index >= 15 is 0 Å². The zero-order valence-electron chi connectivity index (χ0n) is 13.5. The lowest BCUT2D eigenvalue weighted by Crippen LogP contribution is -2.41. The van der Waals surface area contributed by atoms with E-state index in [0.717, 1.165) is 19.6 Å². The first kappa shape index (κ1) is 17.9. The summed E-state index contributed by atoms with van der Waals surface area (Å²) in [5, 5.41) is 0. The van der Waals surface area contributed by atoms with Crippen LogP contribution in [-0.2, 0) is 19.1 Å². The van der Waals surface area contributed by atoms with Crippen LogP contribution in [0, 0.1) is 0 Å². The normalized spacial score (nSPS) is 19.0. The van der Waals surface area contributed by atoms with E-state index in [9.17, 15) is 9.59 Å². The third-order valence-corrected chi connectivity index (χ3v) is 4.09. The van der Waals surface area contributed by atoms with Crippen molar-refractivity contribution in [1.29, 1.82) is 0 Å². The maximum Gasteiger partial charge on any atom is 0.306 e. The predicted octanol–water partition coefficient (Wildman–Crippen LogP) is 0.899. The van der Waals surface area contributed by atoms with Crippen molar-refractivity contribution in [3.05, 3.63) is 0 Å². The highest BCUT2D eigenvalue weighted by atomic mass is 16.5. The summed E-state index contributed by atoms with van der Waals surface area (Å²) in [6.45, 7) is 6.50. The molecule has 1 aliphatic rings. The monoisotopic (exact) mass is 300 g/mol. The van der Waals surface area contributed by atoms with Gasteiger partial charge in [-0.25, -0.2) is 0 Å². The molecule has 122 valence electrons. The first-order valence-corrected chi connectivity index (χ1v) is 7.70. The molecule has 0 aliphatic carbocycles. The minimum atomic E-state index is -0.211. The third kappa shape index (κ3) is 6.44. The Morgan fingerprint density at radius 3 is 2.19 bits per heavy atom. The summed E-state index contributed by atoms with van der Waals surface area (Å²) >= 11 is 0. The number of hydrogen-bond donors (Lipinski definition) is 0. The quantitative estimate of drug-likeness (QED) is 0.590. The van der Waals surface area contributed by atoms with Gasteiger partial charge in [0.1, 0.15) is 0 Å². The van der Waals surface area contributed by atoms with Crippen molar-refractivity contribution >= 4 is 11.9 Å². The summed E-state index contributed by atoms with van der Waals surface area (Å²) in [5.41, 5.74) is 0. The van der Waals surface area contributed by atoms with Gasteiger partial charge in [0.25, 0.3) is 0 Å². The van der Waals surface area contributed by atoms with E-state index in [1.165, 1.54) is 27.1 Å². The lowest BCUT2D eigenvalue weighted by atomic mass is 10.2.